The van der Waals surface area contributed by atoms with Gasteiger partial charge in [-0.25, -0.2) is 0 Å². The molecule has 0 heterocycles. The maximum atomic E-state index is 11.9. The summed E-state index contributed by atoms with van der Waals surface area (Å²) in [6.07, 6.45) is 1.01. The molecule has 0 aliphatic carbocycles. The van der Waals surface area contributed by atoms with Gasteiger partial charge in [-0.15, -0.1) is 0 Å². The number of nitrogens with one attached hydrogen (secondary N) is 2. The van der Waals surface area contributed by atoms with Crippen LogP contribution in [0.1, 0.15) is 46.6 Å². The molecule has 112 valence electrons. The number of hydrogen-bond acceptors (Lipinski definition) is 2. The molecule has 0 radical (unpaired) electrons. The third-order valence-electron chi connectivity index (χ3n) is 3.04. The number of benzene rings is 1. The lowest BCUT2D eigenvalue weighted by atomic mass is 9.82. The maximum Gasteiger partial charge on any atom is 0.238 e. The van der Waals surface area contributed by atoms with E-state index in [1.54, 1.807) is 0 Å². The van der Waals surface area contributed by atoms with Crippen molar-refractivity contribution in [3.8, 4) is 0 Å². The predicted molar refractivity (Wildman–Crippen MR) is 86.0 cm³/mol. The number of anilines is 1. The van der Waals surface area contributed by atoms with Gasteiger partial charge in [-0.1, -0.05) is 38.5 Å². The van der Waals surface area contributed by atoms with Crippen molar-refractivity contribution in [3.63, 3.8) is 0 Å². The molecular weight excluding hydrogens is 248 g/mol. The zero-order valence-electron chi connectivity index (χ0n) is 13.6. The third-order valence-corrected chi connectivity index (χ3v) is 3.04. The lowest BCUT2D eigenvalue weighted by Gasteiger charge is -2.33. The minimum absolute atomic E-state index is 0.00385. The quantitative estimate of drug-likeness (QED) is 0.860. The van der Waals surface area contributed by atoms with Crippen molar-refractivity contribution in [1.29, 1.82) is 0 Å². The predicted octanol–water partition coefficient (Wildman–Crippen LogP) is 3.74. The third kappa shape index (κ3) is 6.71. The van der Waals surface area contributed by atoms with Crippen LogP contribution in [0.15, 0.2) is 24.3 Å². The topological polar surface area (TPSA) is 41.1 Å². The molecule has 0 atom stereocenters. The van der Waals surface area contributed by atoms with Crippen LogP contribution in [0.25, 0.3) is 0 Å². The molecule has 1 rings (SSSR count). The highest BCUT2D eigenvalue weighted by molar-refractivity contribution is 5.92. The van der Waals surface area contributed by atoms with Crippen molar-refractivity contribution in [1.82, 2.24) is 5.32 Å². The van der Waals surface area contributed by atoms with Crippen LogP contribution >= 0.6 is 0 Å². The molecule has 1 aromatic carbocycles. The van der Waals surface area contributed by atoms with Gasteiger partial charge in [-0.3, -0.25) is 4.79 Å². The van der Waals surface area contributed by atoms with Gasteiger partial charge in [-0.05, 0) is 44.7 Å². The minimum Gasteiger partial charge on any atom is -0.325 e. The average molecular weight is 276 g/mol. The Bertz CT molecular complexity index is 441. The maximum absolute atomic E-state index is 11.9. The second kappa shape index (κ2) is 6.40. The van der Waals surface area contributed by atoms with Crippen molar-refractivity contribution in [3.05, 3.63) is 29.8 Å². The normalized spacial score (nSPS) is 12.3. The Balaban J connectivity index is 2.45. The molecule has 0 bridgehead atoms. The van der Waals surface area contributed by atoms with E-state index in [0.717, 1.165) is 12.1 Å². The second-order valence-corrected chi connectivity index (χ2v) is 7.39. The first-order chi connectivity index (χ1) is 9.07. The van der Waals surface area contributed by atoms with Gasteiger partial charge in [0, 0.05) is 11.2 Å². The number of carbonyl (C=O) groups is 1. The van der Waals surface area contributed by atoms with Gasteiger partial charge in [0.15, 0.2) is 0 Å². The van der Waals surface area contributed by atoms with Gasteiger partial charge in [0.2, 0.25) is 5.91 Å². The fourth-order valence-corrected chi connectivity index (χ4v) is 2.55. The highest BCUT2D eigenvalue weighted by Crippen LogP contribution is 2.26. The average Bonchev–Trinajstić information content (AvgIpc) is 2.27. The molecule has 0 unspecified atom stereocenters. The Morgan fingerprint density at radius 3 is 2.10 bits per heavy atom. The van der Waals surface area contributed by atoms with Gasteiger partial charge in [-0.2, -0.15) is 0 Å². The van der Waals surface area contributed by atoms with E-state index in [2.05, 4.69) is 45.3 Å². The zero-order valence-corrected chi connectivity index (χ0v) is 13.6. The minimum atomic E-state index is -0.0527. The molecule has 20 heavy (non-hydrogen) atoms. The summed E-state index contributed by atoms with van der Waals surface area (Å²) in [4.78, 5) is 11.9. The summed E-state index contributed by atoms with van der Waals surface area (Å²) < 4.78 is 0. The summed E-state index contributed by atoms with van der Waals surface area (Å²) in [5.41, 5.74) is 2.22. The Hall–Kier alpha value is -1.35. The SMILES string of the molecule is Cc1ccc(NC(=O)CNC(C)(C)CC(C)(C)C)cc1. The molecule has 0 aliphatic heterocycles. The zero-order chi connectivity index (χ0) is 15.4. The van der Waals surface area contributed by atoms with Crippen molar-refractivity contribution < 1.29 is 4.79 Å². The summed E-state index contributed by atoms with van der Waals surface area (Å²) in [5, 5.41) is 6.24. The summed E-state index contributed by atoms with van der Waals surface area (Å²) in [6, 6.07) is 7.83. The molecule has 0 fully saturated rings. The van der Waals surface area contributed by atoms with Crippen LogP contribution < -0.4 is 10.6 Å². The fourth-order valence-electron chi connectivity index (χ4n) is 2.55. The molecule has 1 aromatic rings. The number of hydrogen-bond donors (Lipinski definition) is 2. The lowest BCUT2D eigenvalue weighted by molar-refractivity contribution is -0.115. The summed E-state index contributed by atoms with van der Waals surface area (Å²) in [6.45, 7) is 13.3. The molecular formula is C17H28N2O. The molecule has 2 N–H and O–H groups in total. The molecule has 1 amide bonds. The number of aryl methyl sites for hydroxylation is 1. The molecule has 3 heteroatoms. The first kappa shape index (κ1) is 16.7. The van der Waals surface area contributed by atoms with Gasteiger partial charge >= 0.3 is 0 Å². The first-order valence-corrected chi connectivity index (χ1v) is 7.19. The first-order valence-electron chi connectivity index (χ1n) is 7.19. The van der Waals surface area contributed by atoms with E-state index in [9.17, 15) is 4.79 Å². The van der Waals surface area contributed by atoms with Crippen LogP contribution in [-0.2, 0) is 4.79 Å². The van der Waals surface area contributed by atoms with E-state index in [1.807, 2.05) is 31.2 Å². The monoisotopic (exact) mass is 276 g/mol. The van der Waals surface area contributed by atoms with E-state index in [1.165, 1.54) is 5.56 Å². The molecule has 0 aliphatic rings. The largest absolute Gasteiger partial charge is 0.325 e. The smallest absolute Gasteiger partial charge is 0.238 e. The Morgan fingerprint density at radius 1 is 1.05 bits per heavy atom. The van der Waals surface area contributed by atoms with Crippen LogP contribution in [-0.4, -0.2) is 18.0 Å². The standard InChI is InChI=1S/C17H28N2O/c1-13-7-9-14(10-8-13)19-15(20)11-18-17(5,6)12-16(2,3)4/h7-10,18H,11-12H2,1-6H3,(H,19,20). The van der Waals surface area contributed by atoms with Gasteiger partial charge < -0.3 is 10.6 Å². The number of amides is 1. The molecule has 0 saturated heterocycles. The van der Waals surface area contributed by atoms with Crippen molar-refractivity contribution >= 4 is 11.6 Å². The fraction of sp³-hybridized carbons (Fsp3) is 0.588. The van der Waals surface area contributed by atoms with E-state index >= 15 is 0 Å². The van der Waals surface area contributed by atoms with Crippen LogP contribution in [0.3, 0.4) is 0 Å². The van der Waals surface area contributed by atoms with Crippen LogP contribution in [0.4, 0.5) is 5.69 Å². The Morgan fingerprint density at radius 2 is 1.60 bits per heavy atom. The van der Waals surface area contributed by atoms with Crippen molar-refractivity contribution in [2.75, 3.05) is 11.9 Å². The summed E-state index contributed by atoms with van der Waals surface area (Å²) >= 11 is 0. The lowest BCUT2D eigenvalue weighted by Crippen LogP contribution is -2.45. The van der Waals surface area contributed by atoms with E-state index in [0.29, 0.717) is 6.54 Å². The Kier molecular flexibility index (Phi) is 5.35. The molecule has 0 aromatic heterocycles. The highest BCUT2D eigenvalue weighted by atomic mass is 16.1. The molecule has 3 nitrogen and oxygen atoms in total. The van der Waals surface area contributed by atoms with E-state index in [-0.39, 0.29) is 16.9 Å². The van der Waals surface area contributed by atoms with Gasteiger partial charge in [0.25, 0.3) is 0 Å². The second-order valence-electron chi connectivity index (χ2n) is 7.39. The van der Waals surface area contributed by atoms with Crippen molar-refractivity contribution in [2.45, 2.75) is 53.5 Å². The number of carbonyl (C=O) groups excluding carboxylic acids is 1. The molecule has 0 spiro atoms. The van der Waals surface area contributed by atoms with Crippen LogP contribution in [0.2, 0.25) is 0 Å². The molecule has 0 saturated carbocycles. The van der Waals surface area contributed by atoms with Crippen LogP contribution in [0.5, 0.6) is 0 Å². The number of rotatable bonds is 5. The summed E-state index contributed by atoms with van der Waals surface area (Å²) in [5.74, 6) is -0.00385. The van der Waals surface area contributed by atoms with E-state index < -0.39 is 0 Å². The Labute approximate surface area is 123 Å². The van der Waals surface area contributed by atoms with Gasteiger partial charge in [0.1, 0.15) is 0 Å². The van der Waals surface area contributed by atoms with Crippen molar-refractivity contribution in [2.24, 2.45) is 5.41 Å². The van der Waals surface area contributed by atoms with E-state index in [4.69, 9.17) is 0 Å². The van der Waals surface area contributed by atoms with Crippen LogP contribution in [0, 0.1) is 12.3 Å². The highest BCUT2D eigenvalue weighted by Gasteiger charge is 2.25. The summed E-state index contributed by atoms with van der Waals surface area (Å²) in [7, 11) is 0. The van der Waals surface area contributed by atoms with Gasteiger partial charge in [0.05, 0.1) is 6.54 Å².